The molecule has 0 atom stereocenters. The average Bonchev–Trinajstić information content (AvgIpc) is 2.52. The molecule has 0 aliphatic heterocycles. The van der Waals surface area contributed by atoms with Crippen molar-refractivity contribution in [3.63, 3.8) is 0 Å². The van der Waals surface area contributed by atoms with Gasteiger partial charge in [-0.2, -0.15) is 0 Å². The van der Waals surface area contributed by atoms with Crippen molar-refractivity contribution in [3.8, 4) is 0 Å². The number of hydrogen-bond donors (Lipinski definition) is 0. The van der Waals surface area contributed by atoms with Crippen LogP contribution in [0.3, 0.4) is 0 Å². The minimum absolute atomic E-state index is 0.0421. The molecule has 126 valence electrons. The third-order valence-corrected chi connectivity index (χ3v) is 5.64. The lowest BCUT2D eigenvalue weighted by Crippen LogP contribution is -2.31. The molecule has 0 spiro atoms. The van der Waals surface area contributed by atoms with E-state index in [1.54, 1.807) is 31.2 Å². The van der Waals surface area contributed by atoms with Crippen LogP contribution >= 0.6 is 15.9 Å². The number of nitrogens with zero attached hydrogens (tertiary/aromatic N) is 2. The lowest BCUT2D eigenvalue weighted by Gasteiger charge is -2.23. The maximum atomic E-state index is 13.0. The highest BCUT2D eigenvalue weighted by atomic mass is 79.9. The maximum Gasteiger partial charge on any atom is 0.273 e. The molecular weight excluding hydrogens is 396 g/mol. The molecule has 6 nitrogen and oxygen atoms in total. The van der Waals surface area contributed by atoms with Gasteiger partial charge in [-0.1, -0.05) is 34.1 Å². The van der Waals surface area contributed by atoms with E-state index in [1.807, 2.05) is 0 Å². The number of rotatable bonds is 6. The van der Waals surface area contributed by atoms with E-state index in [2.05, 4.69) is 22.5 Å². The van der Waals surface area contributed by atoms with Crippen LogP contribution in [-0.4, -0.2) is 19.9 Å². The Balaban J connectivity index is 2.59. The molecule has 0 aromatic heterocycles. The number of benzene rings is 2. The van der Waals surface area contributed by atoms with Crippen molar-refractivity contribution in [2.75, 3.05) is 10.8 Å². The van der Waals surface area contributed by atoms with Crippen LogP contribution in [0.5, 0.6) is 0 Å². The topological polar surface area (TPSA) is 80.5 Å². The summed E-state index contributed by atoms with van der Waals surface area (Å²) in [5, 5.41) is 11.1. The van der Waals surface area contributed by atoms with Crippen molar-refractivity contribution in [3.05, 3.63) is 75.3 Å². The Morgan fingerprint density at radius 1 is 1.29 bits per heavy atom. The Labute approximate surface area is 148 Å². The van der Waals surface area contributed by atoms with Crippen molar-refractivity contribution in [2.24, 2.45) is 0 Å². The van der Waals surface area contributed by atoms with Gasteiger partial charge in [-0.05, 0) is 31.2 Å². The lowest BCUT2D eigenvalue weighted by atomic mass is 10.2. The molecule has 0 saturated carbocycles. The molecule has 0 radical (unpaired) electrons. The first-order valence-electron chi connectivity index (χ1n) is 6.91. The van der Waals surface area contributed by atoms with Crippen molar-refractivity contribution < 1.29 is 13.3 Å². The molecular formula is C16H15BrN2O4S. The summed E-state index contributed by atoms with van der Waals surface area (Å²) >= 11 is 3.31. The molecule has 2 aromatic rings. The standard InChI is InChI=1S/C16H15BrN2O4S/c1-3-9-18(14-6-4-5-13(17)10-14)24(22,23)15-8-7-12(2)16(11-15)19(20)21/h3-8,10-11H,1,9H2,2H3. The predicted molar refractivity (Wildman–Crippen MR) is 96.7 cm³/mol. The number of sulfonamides is 1. The molecule has 0 N–H and O–H groups in total. The molecule has 2 aromatic carbocycles. The van der Waals surface area contributed by atoms with Crippen molar-refractivity contribution >= 4 is 37.3 Å². The fourth-order valence-electron chi connectivity index (χ4n) is 2.16. The first kappa shape index (κ1) is 18.2. The summed E-state index contributed by atoms with van der Waals surface area (Å²) in [6, 6.07) is 10.7. The van der Waals surface area contributed by atoms with E-state index in [0.717, 1.165) is 14.8 Å². The van der Waals surface area contributed by atoms with Gasteiger partial charge in [0.25, 0.3) is 15.7 Å². The zero-order valence-electron chi connectivity index (χ0n) is 12.8. The number of aryl methyl sites for hydroxylation is 1. The Morgan fingerprint density at radius 3 is 2.58 bits per heavy atom. The minimum atomic E-state index is -3.97. The summed E-state index contributed by atoms with van der Waals surface area (Å²) in [6.07, 6.45) is 1.46. The van der Waals surface area contributed by atoms with Gasteiger partial charge in [0.2, 0.25) is 0 Å². The molecule has 0 saturated heterocycles. The Kier molecular flexibility index (Phi) is 5.40. The Bertz CT molecular complexity index is 897. The number of halogens is 1. The minimum Gasteiger partial charge on any atom is -0.262 e. The third kappa shape index (κ3) is 3.65. The van der Waals surface area contributed by atoms with Crippen molar-refractivity contribution in [1.29, 1.82) is 0 Å². The number of anilines is 1. The van der Waals surface area contributed by atoms with Crippen LogP contribution in [0, 0.1) is 17.0 Å². The second-order valence-electron chi connectivity index (χ2n) is 5.01. The quantitative estimate of drug-likeness (QED) is 0.408. The summed E-state index contributed by atoms with van der Waals surface area (Å²) in [4.78, 5) is 10.4. The van der Waals surface area contributed by atoms with Crippen LogP contribution < -0.4 is 4.31 Å². The maximum absolute atomic E-state index is 13.0. The Morgan fingerprint density at radius 2 is 2.00 bits per heavy atom. The molecule has 0 unspecified atom stereocenters. The van der Waals surface area contributed by atoms with E-state index < -0.39 is 14.9 Å². The van der Waals surface area contributed by atoms with Gasteiger partial charge < -0.3 is 0 Å². The zero-order chi connectivity index (χ0) is 17.9. The van der Waals surface area contributed by atoms with Gasteiger partial charge in [0.05, 0.1) is 22.1 Å². The average molecular weight is 411 g/mol. The summed E-state index contributed by atoms with van der Waals surface area (Å²) in [7, 11) is -3.97. The lowest BCUT2D eigenvalue weighted by molar-refractivity contribution is -0.385. The van der Waals surface area contributed by atoms with Gasteiger partial charge in [0, 0.05) is 16.1 Å². The first-order chi connectivity index (χ1) is 11.3. The molecule has 0 heterocycles. The summed E-state index contributed by atoms with van der Waals surface area (Å²) in [5.41, 5.74) is 0.605. The van der Waals surface area contributed by atoms with Crippen LogP contribution in [0.4, 0.5) is 11.4 Å². The number of hydrogen-bond acceptors (Lipinski definition) is 4. The van der Waals surface area contributed by atoms with Crippen molar-refractivity contribution in [2.45, 2.75) is 11.8 Å². The van der Waals surface area contributed by atoms with Gasteiger partial charge in [0.15, 0.2) is 0 Å². The largest absolute Gasteiger partial charge is 0.273 e. The highest BCUT2D eigenvalue weighted by Gasteiger charge is 2.26. The normalized spacial score (nSPS) is 11.1. The van der Waals surface area contributed by atoms with Gasteiger partial charge in [0.1, 0.15) is 0 Å². The van der Waals surface area contributed by atoms with E-state index in [-0.39, 0.29) is 17.1 Å². The smallest absolute Gasteiger partial charge is 0.262 e. The second kappa shape index (κ2) is 7.14. The number of nitro benzene ring substituents is 1. The van der Waals surface area contributed by atoms with Crippen LogP contribution in [0.25, 0.3) is 0 Å². The summed E-state index contributed by atoms with van der Waals surface area (Å²) < 4.78 is 27.8. The summed E-state index contributed by atoms with van der Waals surface area (Å²) in [5.74, 6) is 0. The van der Waals surface area contributed by atoms with Crippen LogP contribution in [0.1, 0.15) is 5.56 Å². The van der Waals surface area contributed by atoms with Crippen LogP contribution in [0.2, 0.25) is 0 Å². The molecule has 0 aliphatic rings. The molecule has 0 bridgehead atoms. The van der Waals surface area contributed by atoms with E-state index in [0.29, 0.717) is 11.3 Å². The molecule has 24 heavy (non-hydrogen) atoms. The van der Waals surface area contributed by atoms with E-state index in [1.165, 1.54) is 18.2 Å². The van der Waals surface area contributed by atoms with Crippen LogP contribution in [-0.2, 0) is 10.0 Å². The molecule has 2 rings (SSSR count). The highest BCUT2D eigenvalue weighted by Crippen LogP contribution is 2.29. The molecule has 0 fully saturated rings. The fraction of sp³-hybridized carbons (Fsp3) is 0.125. The van der Waals surface area contributed by atoms with E-state index in [4.69, 9.17) is 0 Å². The molecule has 8 heteroatoms. The van der Waals surface area contributed by atoms with E-state index in [9.17, 15) is 18.5 Å². The Hall–Kier alpha value is -2.19. The van der Waals surface area contributed by atoms with Crippen LogP contribution in [0.15, 0.2) is 64.5 Å². The van der Waals surface area contributed by atoms with E-state index >= 15 is 0 Å². The SMILES string of the molecule is C=CCN(c1cccc(Br)c1)S(=O)(=O)c1ccc(C)c([N+](=O)[O-])c1. The second-order valence-corrected chi connectivity index (χ2v) is 7.79. The molecule has 0 aliphatic carbocycles. The summed E-state index contributed by atoms with van der Waals surface area (Å²) in [6.45, 7) is 5.19. The van der Waals surface area contributed by atoms with Crippen molar-refractivity contribution in [1.82, 2.24) is 0 Å². The van der Waals surface area contributed by atoms with Gasteiger partial charge in [-0.15, -0.1) is 6.58 Å². The predicted octanol–water partition coefficient (Wildman–Crippen LogP) is 4.05. The zero-order valence-corrected chi connectivity index (χ0v) is 15.2. The first-order valence-corrected chi connectivity index (χ1v) is 9.15. The van der Waals surface area contributed by atoms with Gasteiger partial charge in [-0.25, -0.2) is 8.42 Å². The third-order valence-electron chi connectivity index (χ3n) is 3.36. The molecule has 0 amide bonds. The highest BCUT2D eigenvalue weighted by molar-refractivity contribution is 9.10. The van der Waals surface area contributed by atoms with Gasteiger partial charge >= 0.3 is 0 Å². The monoisotopic (exact) mass is 410 g/mol. The fourth-order valence-corrected chi connectivity index (χ4v) is 4.00. The van der Waals surface area contributed by atoms with Gasteiger partial charge in [-0.3, -0.25) is 14.4 Å². The number of nitro groups is 1.